The Labute approximate surface area is 212 Å². The van der Waals surface area contributed by atoms with Crippen LogP contribution in [-0.4, -0.2) is 38.7 Å². The second-order valence-electron chi connectivity index (χ2n) is 9.53. The summed E-state index contributed by atoms with van der Waals surface area (Å²) in [6.07, 6.45) is 7.94. The molecule has 35 heavy (non-hydrogen) atoms. The van der Waals surface area contributed by atoms with Gasteiger partial charge >= 0.3 is 5.97 Å². The first-order chi connectivity index (χ1) is 17.0. The number of pyridine rings is 1. The highest BCUT2D eigenvalue weighted by Crippen LogP contribution is 2.44. The van der Waals surface area contributed by atoms with E-state index in [4.69, 9.17) is 21.9 Å². The zero-order valence-electron chi connectivity index (χ0n) is 20.5. The number of thiocarbonyl (C=S) groups is 1. The number of methoxy groups -OCH3 is 1. The molecule has 2 fully saturated rings. The van der Waals surface area contributed by atoms with Crippen LogP contribution in [0.3, 0.4) is 0 Å². The van der Waals surface area contributed by atoms with Crippen molar-refractivity contribution in [2.24, 2.45) is 0 Å². The van der Waals surface area contributed by atoms with Gasteiger partial charge in [-0.05, 0) is 80.9 Å². The molecule has 1 saturated heterocycles. The molecule has 0 unspecified atom stereocenters. The van der Waals surface area contributed by atoms with Crippen LogP contribution in [0.4, 0.5) is 0 Å². The van der Waals surface area contributed by atoms with Gasteiger partial charge < -0.3 is 19.5 Å². The SMILES string of the molecule is COC(=O)c1cccc(-n2c(C)cc([C@H]3[C@@H](c4ccccn4)NC(=S)N3C3CCCCC3)c2C)c1. The van der Waals surface area contributed by atoms with Crippen LogP contribution >= 0.6 is 12.2 Å². The number of nitrogens with zero attached hydrogens (tertiary/aromatic N) is 3. The number of carbonyl (C=O) groups is 1. The monoisotopic (exact) mass is 488 g/mol. The molecular weight excluding hydrogens is 456 g/mol. The summed E-state index contributed by atoms with van der Waals surface area (Å²) in [6.45, 7) is 4.27. The molecule has 0 radical (unpaired) electrons. The summed E-state index contributed by atoms with van der Waals surface area (Å²) in [7, 11) is 1.41. The molecule has 2 aliphatic rings. The van der Waals surface area contributed by atoms with E-state index in [1.807, 2.05) is 36.5 Å². The minimum Gasteiger partial charge on any atom is -0.465 e. The summed E-state index contributed by atoms with van der Waals surface area (Å²) in [6, 6.07) is 16.4. The van der Waals surface area contributed by atoms with E-state index in [9.17, 15) is 4.79 Å². The lowest BCUT2D eigenvalue weighted by atomic mass is 9.90. The van der Waals surface area contributed by atoms with E-state index in [0.717, 1.165) is 40.7 Å². The Kier molecular flexibility index (Phi) is 6.60. The lowest BCUT2D eigenvalue weighted by molar-refractivity contribution is 0.0600. The number of benzene rings is 1. The maximum Gasteiger partial charge on any atom is 0.337 e. The Morgan fingerprint density at radius 1 is 1.09 bits per heavy atom. The number of ether oxygens (including phenoxy) is 1. The molecule has 1 aliphatic carbocycles. The van der Waals surface area contributed by atoms with Crippen LogP contribution in [0.2, 0.25) is 0 Å². The molecule has 6 nitrogen and oxygen atoms in total. The summed E-state index contributed by atoms with van der Waals surface area (Å²) < 4.78 is 7.17. The molecule has 7 heteroatoms. The maximum absolute atomic E-state index is 12.2. The predicted molar refractivity (Wildman–Crippen MR) is 141 cm³/mol. The number of hydrogen-bond acceptors (Lipinski definition) is 4. The Morgan fingerprint density at radius 3 is 2.60 bits per heavy atom. The van der Waals surface area contributed by atoms with E-state index in [1.54, 1.807) is 6.07 Å². The normalized spacial score (nSPS) is 20.7. The van der Waals surface area contributed by atoms with Crippen LogP contribution in [0.15, 0.2) is 54.7 Å². The van der Waals surface area contributed by atoms with Crippen molar-refractivity contribution in [1.29, 1.82) is 0 Å². The standard InChI is InChI=1S/C28H32N4O2S/c1-18-16-23(19(2)31(18)22-13-9-10-20(17-22)27(33)34-3)26-25(24-14-7-8-15-29-24)30-28(35)32(26)21-11-5-4-6-12-21/h7-10,13-17,21,25-26H,4-6,11-12H2,1-3H3,(H,30,35)/t25-,26+/m1/s1. The van der Waals surface area contributed by atoms with Crippen molar-refractivity contribution >= 4 is 23.3 Å². The van der Waals surface area contributed by atoms with Gasteiger partial charge in [0.1, 0.15) is 0 Å². The molecule has 0 spiro atoms. The highest BCUT2D eigenvalue weighted by molar-refractivity contribution is 7.80. The second kappa shape index (κ2) is 9.82. The molecule has 3 aromatic rings. The first kappa shape index (κ1) is 23.5. The van der Waals surface area contributed by atoms with E-state index < -0.39 is 0 Å². The highest BCUT2D eigenvalue weighted by Gasteiger charge is 2.44. The smallest absolute Gasteiger partial charge is 0.337 e. The van der Waals surface area contributed by atoms with Gasteiger partial charge in [0.05, 0.1) is 30.5 Å². The van der Waals surface area contributed by atoms with Gasteiger partial charge in [0.25, 0.3) is 0 Å². The summed E-state index contributed by atoms with van der Waals surface area (Å²) >= 11 is 5.94. The average molecular weight is 489 g/mol. The number of aryl methyl sites for hydroxylation is 1. The molecule has 2 atom stereocenters. The second-order valence-corrected chi connectivity index (χ2v) is 9.92. The molecule has 3 heterocycles. The average Bonchev–Trinajstić information content (AvgIpc) is 3.39. The molecule has 5 rings (SSSR count). The number of nitrogens with one attached hydrogen (secondary N) is 1. The van der Waals surface area contributed by atoms with Crippen LogP contribution in [0.5, 0.6) is 0 Å². The number of esters is 1. The third kappa shape index (κ3) is 4.33. The van der Waals surface area contributed by atoms with Crippen molar-refractivity contribution in [3.63, 3.8) is 0 Å². The van der Waals surface area contributed by atoms with Crippen LogP contribution in [0.1, 0.15) is 77.2 Å². The van der Waals surface area contributed by atoms with Crippen molar-refractivity contribution in [2.75, 3.05) is 7.11 Å². The van der Waals surface area contributed by atoms with Crippen LogP contribution < -0.4 is 5.32 Å². The third-order valence-electron chi connectivity index (χ3n) is 7.42. The lowest BCUT2D eigenvalue weighted by Crippen LogP contribution is -2.40. The van der Waals surface area contributed by atoms with Crippen molar-refractivity contribution in [2.45, 2.75) is 64.1 Å². The topological polar surface area (TPSA) is 59.4 Å². The fraction of sp³-hybridized carbons (Fsp3) is 0.393. The van der Waals surface area contributed by atoms with E-state index in [-0.39, 0.29) is 18.1 Å². The van der Waals surface area contributed by atoms with Crippen LogP contribution in [-0.2, 0) is 4.74 Å². The van der Waals surface area contributed by atoms with E-state index in [0.29, 0.717) is 11.6 Å². The fourth-order valence-corrected chi connectivity index (χ4v) is 6.21. The number of carbonyl (C=O) groups excluding carboxylic acids is 1. The largest absolute Gasteiger partial charge is 0.465 e. The molecular formula is C28H32N4O2S. The Morgan fingerprint density at radius 2 is 1.89 bits per heavy atom. The van der Waals surface area contributed by atoms with Crippen molar-refractivity contribution < 1.29 is 9.53 Å². The van der Waals surface area contributed by atoms with Gasteiger partial charge in [0, 0.05) is 29.3 Å². The number of rotatable bonds is 5. The van der Waals surface area contributed by atoms with Gasteiger partial charge in [0.2, 0.25) is 0 Å². The molecule has 1 saturated carbocycles. The molecule has 0 amide bonds. The number of hydrogen-bond donors (Lipinski definition) is 1. The summed E-state index contributed by atoms with van der Waals surface area (Å²) in [5.41, 5.74) is 5.97. The summed E-state index contributed by atoms with van der Waals surface area (Å²) in [5.74, 6) is -0.335. The van der Waals surface area contributed by atoms with Crippen molar-refractivity contribution in [1.82, 2.24) is 19.8 Å². The molecule has 1 N–H and O–H groups in total. The maximum atomic E-state index is 12.2. The van der Waals surface area contributed by atoms with Gasteiger partial charge in [0.15, 0.2) is 5.11 Å². The van der Waals surface area contributed by atoms with Gasteiger partial charge in [-0.3, -0.25) is 4.98 Å². The zero-order valence-corrected chi connectivity index (χ0v) is 21.3. The van der Waals surface area contributed by atoms with Gasteiger partial charge in [-0.1, -0.05) is 31.4 Å². The first-order valence-electron chi connectivity index (χ1n) is 12.4. The summed E-state index contributed by atoms with van der Waals surface area (Å²) in [5, 5.41) is 4.43. The van der Waals surface area contributed by atoms with Gasteiger partial charge in [-0.25, -0.2) is 4.79 Å². The van der Waals surface area contributed by atoms with Gasteiger partial charge in [-0.15, -0.1) is 0 Å². The minimum absolute atomic E-state index is 0.0269. The van der Waals surface area contributed by atoms with E-state index in [2.05, 4.69) is 40.8 Å². The minimum atomic E-state index is -0.335. The zero-order chi connectivity index (χ0) is 24.5. The van der Waals surface area contributed by atoms with E-state index >= 15 is 0 Å². The first-order valence-corrected chi connectivity index (χ1v) is 12.8. The lowest BCUT2D eigenvalue weighted by Gasteiger charge is -2.37. The quantitative estimate of drug-likeness (QED) is 0.374. The third-order valence-corrected chi connectivity index (χ3v) is 7.75. The van der Waals surface area contributed by atoms with E-state index in [1.165, 1.54) is 31.9 Å². The molecule has 1 aromatic carbocycles. The highest BCUT2D eigenvalue weighted by atomic mass is 32.1. The Balaban J connectivity index is 1.61. The predicted octanol–water partition coefficient (Wildman–Crippen LogP) is 5.58. The van der Waals surface area contributed by atoms with Gasteiger partial charge in [-0.2, -0.15) is 0 Å². The van der Waals surface area contributed by atoms with Crippen molar-refractivity contribution in [3.05, 3.63) is 82.9 Å². The molecule has 2 aromatic heterocycles. The Hall–Kier alpha value is -3.19. The van der Waals surface area contributed by atoms with Crippen molar-refractivity contribution in [3.8, 4) is 5.69 Å². The van der Waals surface area contributed by atoms with Crippen LogP contribution in [0.25, 0.3) is 5.69 Å². The molecule has 182 valence electrons. The summed E-state index contributed by atoms with van der Waals surface area (Å²) in [4.78, 5) is 19.3. The Bertz CT molecular complexity index is 1230. The van der Waals surface area contributed by atoms with Crippen LogP contribution in [0, 0.1) is 13.8 Å². The number of aromatic nitrogens is 2. The molecule has 0 bridgehead atoms. The fourth-order valence-electron chi connectivity index (χ4n) is 5.82. The molecule has 1 aliphatic heterocycles.